The summed E-state index contributed by atoms with van der Waals surface area (Å²) >= 11 is 9.11. The van der Waals surface area contributed by atoms with Crippen molar-refractivity contribution in [3.63, 3.8) is 0 Å². The summed E-state index contributed by atoms with van der Waals surface area (Å²) in [5.41, 5.74) is 6.77. The minimum Gasteiger partial charge on any atom is -0.454 e. The van der Waals surface area contributed by atoms with E-state index in [0.717, 1.165) is 10.0 Å². The first kappa shape index (κ1) is 14.3. The maximum absolute atomic E-state index is 13.7. The van der Waals surface area contributed by atoms with E-state index < -0.39 is 5.82 Å². The molecule has 0 saturated heterocycles. The largest absolute Gasteiger partial charge is 0.454 e. The fraction of sp³-hybridized carbons (Fsp3) is 0.143. The maximum atomic E-state index is 13.7. The molecule has 0 bridgehead atoms. The van der Waals surface area contributed by atoms with Crippen molar-refractivity contribution >= 4 is 27.5 Å². The van der Waals surface area contributed by atoms with E-state index in [1.54, 1.807) is 18.2 Å². The van der Waals surface area contributed by atoms with Crippen LogP contribution in [0.25, 0.3) is 0 Å². The maximum Gasteiger partial charge on any atom is 0.184 e. The van der Waals surface area contributed by atoms with Crippen LogP contribution in [0.4, 0.5) is 4.39 Å². The Balaban J connectivity index is 2.29. The predicted molar refractivity (Wildman–Crippen MR) is 78.2 cm³/mol. The van der Waals surface area contributed by atoms with Gasteiger partial charge in [-0.2, -0.15) is 0 Å². The van der Waals surface area contributed by atoms with Crippen LogP contribution in [0.3, 0.4) is 0 Å². The Kier molecular flexibility index (Phi) is 4.45. The lowest BCUT2D eigenvalue weighted by molar-refractivity contribution is 0.442. The molecule has 0 unspecified atom stereocenters. The summed E-state index contributed by atoms with van der Waals surface area (Å²) in [7, 11) is 0. The van der Waals surface area contributed by atoms with Gasteiger partial charge >= 0.3 is 0 Å². The highest BCUT2D eigenvalue weighted by molar-refractivity contribution is 9.10. The van der Waals surface area contributed by atoms with E-state index in [0.29, 0.717) is 5.75 Å². The Morgan fingerprint density at radius 3 is 2.68 bits per heavy atom. The molecule has 2 nitrogen and oxygen atoms in total. The fourth-order valence-corrected chi connectivity index (χ4v) is 2.52. The number of benzene rings is 2. The monoisotopic (exact) mass is 343 g/mol. The zero-order valence-corrected chi connectivity index (χ0v) is 12.5. The molecule has 100 valence electrons. The highest BCUT2D eigenvalue weighted by Gasteiger charge is 2.10. The quantitative estimate of drug-likeness (QED) is 0.845. The third-order valence-corrected chi connectivity index (χ3v) is 3.59. The number of hydrogen-bond acceptors (Lipinski definition) is 2. The third-order valence-electron chi connectivity index (χ3n) is 2.61. The molecule has 2 rings (SSSR count). The lowest BCUT2D eigenvalue weighted by Gasteiger charge is -2.12. The van der Waals surface area contributed by atoms with Crippen LogP contribution in [0.1, 0.15) is 18.5 Å². The molecule has 5 heteroatoms. The van der Waals surface area contributed by atoms with Crippen LogP contribution in [0.2, 0.25) is 5.02 Å². The molecule has 2 aromatic rings. The van der Waals surface area contributed by atoms with Crippen LogP contribution < -0.4 is 10.5 Å². The Morgan fingerprint density at radius 1 is 1.32 bits per heavy atom. The van der Waals surface area contributed by atoms with Gasteiger partial charge < -0.3 is 10.5 Å². The summed E-state index contributed by atoms with van der Waals surface area (Å²) in [6.45, 7) is 1.89. The summed E-state index contributed by atoms with van der Waals surface area (Å²) in [5, 5.41) is 0.0313. The van der Waals surface area contributed by atoms with Gasteiger partial charge in [0.15, 0.2) is 11.6 Å². The molecule has 0 radical (unpaired) electrons. The molecule has 0 aliphatic heterocycles. The van der Waals surface area contributed by atoms with Crippen molar-refractivity contribution in [2.75, 3.05) is 0 Å². The molecule has 0 aliphatic carbocycles. The van der Waals surface area contributed by atoms with E-state index in [4.69, 9.17) is 22.1 Å². The van der Waals surface area contributed by atoms with Crippen molar-refractivity contribution in [3.05, 3.63) is 57.3 Å². The minimum atomic E-state index is -0.573. The molecule has 0 heterocycles. The molecule has 0 amide bonds. The number of halogens is 3. The van der Waals surface area contributed by atoms with Gasteiger partial charge in [-0.25, -0.2) is 4.39 Å². The average Bonchev–Trinajstić information content (AvgIpc) is 2.34. The highest BCUT2D eigenvalue weighted by Crippen LogP contribution is 2.32. The second kappa shape index (κ2) is 5.90. The van der Waals surface area contributed by atoms with Crippen molar-refractivity contribution in [1.29, 1.82) is 0 Å². The Hall–Kier alpha value is -1.10. The van der Waals surface area contributed by atoms with Crippen molar-refractivity contribution in [2.24, 2.45) is 5.73 Å². The lowest BCUT2D eigenvalue weighted by Crippen LogP contribution is -2.05. The molecule has 0 saturated carbocycles. The molecule has 0 aromatic heterocycles. The summed E-state index contributed by atoms with van der Waals surface area (Å²) in [6.07, 6.45) is 0. The number of ether oxygens (including phenoxy) is 1. The topological polar surface area (TPSA) is 35.2 Å². The average molecular weight is 345 g/mol. The van der Waals surface area contributed by atoms with Crippen molar-refractivity contribution in [3.8, 4) is 11.5 Å². The molecular weight excluding hydrogens is 333 g/mol. The van der Waals surface area contributed by atoms with E-state index >= 15 is 0 Å². The van der Waals surface area contributed by atoms with Crippen molar-refractivity contribution in [2.45, 2.75) is 13.0 Å². The third kappa shape index (κ3) is 3.26. The predicted octanol–water partition coefficient (Wildman–Crippen LogP) is 5.05. The van der Waals surface area contributed by atoms with Crippen LogP contribution in [0, 0.1) is 5.82 Å². The standard InChI is InChI=1S/C14H12BrClFNO/c1-8(18)10-6-5-9(7-11(10)15)19-13-4-2-3-12(16)14(13)17/h2-8H,18H2,1H3/t8-/m1/s1. The molecule has 19 heavy (non-hydrogen) atoms. The van der Waals surface area contributed by atoms with Gasteiger partial charge in [-0.3, -0.25) is 0 Å². The van der Waals surface area contributed by atoms with Gasteiger partial charge in [0.1, 0.15) is 5.75 Å². The zero-order valence-electron chi connectivity index (χ0n) is 10.2. The number of hydrogen-bond donors (Lipinski definition) is 1. The summed E-state index contributed by atoms with van der Waals surface area (Å²) in [4.78, 5) is 0. The Bertz CT molecular complexity index is 604. The van der Waals surface area contributed by atoms with Gasteiger partial charge in [0.05, 0.1) is 5.02 Å². The molecule has 2 N–H and O–H groups in total. The Morgan fingerprint density at radius 2 is 2.05 bits per heavy atom. The van der Waals surface area contributed by atoms with Gasteiger partial charge in [0.2, 0.25) is 0 Å². The van der Waals surface area contributed by atoms with Crippen LogP contribution >= 0.6 is 27.5 Å². The molecule has 1 atom stereocenters. The number of rotatable bonds is 3. The second-order valence-electron chi connectivity index (χ2n) is 4.13. The van der Waals surface area contributed by atoms with Crippen molar-refractivity contribution < 1.29 is 9.13 Å². The normalized spacial score (nSPS) is 12.3. The molecule has 2 aromatic carbocycles. The second-order valence-corrected chi connectivity index (χ2v) is 5.39. The Labute approximate surface area is 124 Å². The van der Waals surface area contributed by atoms with Crippen LogP contribution in [-0.4, -0.2) is 0 Å². The van der Waals surface area contributed by atoms with Crippen LogP contribution in [0.15, 0.2) is 40.9 Å². The fourth-order valence-electron chi connectivity index (χ4n) is 1.63. The van der Waals surface area contributed by atoms with E-state index in [2.05, 4.69) is 15.9 Å². The summed E-state index contributed by atoms with van der Waals surface area (Å²) in [5.74, 6) is 0.0296. The molecule has 0 fully saturated rings. The summed E-state index contributed by atoms with van der Waals surface area (Å²) in [6, 6.07) is 9.86. The van der Waals surface area contributed by atoms with Gasteiger partial charge in [-0.1, -0.05) is 39.7 Å². The van der Waals surface area contributed by atoms with Gasteiger partial charge in [-0.15, -0.1) is 0 Å². The highest BCUT2D eigenvalue weighted by atomic mass is 79.9. The molecule has 0 spiro atoms. The van der Waals surface area contributed by atoms with E-state index in [1.165, 1.54) is 12.1 Å². The SMILES string of the molecule is C[C@@H](N)c1ccc(Oc2cccc(Cl)c2F)cc1Br. The van der Waals surface area contributed by atoms with Crippen LogP contribution in [0.5, 0.6) is 11.5 Å². The van der Waals surface area contributed by atoms with E-state index in [1.807, 2.05) is 13.0 Å². The van der Waals surface area contributed by atoms with Gasteiger partial charge in [-0.05, 0) is 36.8 Å². The first-order valence-corrected chi connectivity index (χ1v) is 6.83. The van der Waals surface area contributed by atoms with Crippen molar-refractivity contribution in [1.82, 2.24) is 0 Å². The van der Waals surface area contributed by atoms with Crippen LogP contribution in [-0.2, 0) is 0 Å². The smallest absolute Gasteiger partial charge is 0.184 e. The summed E-state index contributed by atoms with van der Waals surface area (Å²) < 4.78 is 20.0. The molecule has 0 aliphatic rings. The first-order chi connectivity index (χ1) is 8.99. The number of nitrogens with two attached hydrogens (primary N) is 1. The van der Waals surface area contributed by atoms with E-state index in [9.17, 15) is 4.39 Å². The van der Waals surface area contributed by atoms with Gasteiger partial charge in [0, 0.05) is 10.5 Å². The van der Waals surface area contributed by atoms with Gasteiger partial charge in [0.25, 0.3) is 0 Å². The zero-order chi connectivity index (χ0) is 14.0. The lowest BCUT2D eigenvalue weighted by atomic mass is 10.1. The molecular formula is C14H12BrClFNO. The van der Waals surface area contributed by atoms with E-state index in [-0.39, 0.29) is 16.8 Å². The minimum absolute atomic E-state index is 0.0313. The first-order valence-electron chi connectivity index (χ1n) is 5.66.